The van der Waals surface area contributed by atoms with Crippen LogP contribution in [0.1, 0.15) is 43.8 Å². The molecule has 6 nitrogen and oxygen atoms in total. The molecule has 4 rings (SSSR count). The molecule has 168 valence electrons. The first-order valence-corrected chi connectivity index (χ1v) is 12.4. The molecule has 0 aliphatic heterocycles. The molecule has 0 spiro atoms. The van der Waals surface area contributed by atoms with Gasteiger partial charge in [-0.1, -0.05) is 51.4 Å². The van der Waals surface area contributed by atoms with E-state index in [1.807, 2.05) is 75.4 Å². The molecule has 0 saturated heterocycles. The minimum atomic E-state index is -1.33. The van der Waals surface area contributed by atoms with E-state index in [1.165, 1.54) is 0 Å². The maximum absolute atomic E-state index is 13.1. The van der Waals surface area contributed by atoms with E-state index >= 15 is 0 Å². The van der Waals surface area contributed by atoms with Crippen LogP contribution in [0.4, 0.5) is 0 Å². The second kappa shape index (κ2) is 9.65. The number of hydrogen-bond donors (Lipinski definition) is 1. The molecule has 2 aromatic carbocycles. The molecule has 4 aromatic rings. The van der Waals surface area contributed by atoms with Gasteiger partial charge in [-0.15, -0.1) is 4.72 Å². The SMILES string of the molecule is CC(C)(C)[S+]([O-])N[C@@H](Cc1cccc(C#N)n1)c1ccccc1-c1noc2cc(Br)ccc12. The van der Waals surface area contributed by atoms with Gasteiger partial charge in [0.1, 0.15) is 22.2 Å². The van der Waals surface area contributed by atoms with E-state index in [0.29, 0.717) is 17.7 Å². The van der Waals surface area contributed by atoms with E-state index in [9.17, 15) is 9.81 Å². The lowest BCUT2D eigenvalue weighted by Gasteiger charge is -2.29. The molecule has 0 saturated carbocycles. The van der Waals surface area contributed by atoms with Crippen LogP contribution in [0.5, 0.6) is 0 Å². The quantitative estimate of drug-likeness (QED) is 0.318. The number of aromatic nitrogens is 2. The van der Waals surface area contributed by atoms with Gasteiger partial charge in [-0.3, -0.25) is 0 Å². The van der Waals surface area contributed by atoms with Gasteiger partial charge < -0.3 is 9.08 Å². The highest BCUT2D eigenvalue weighted by atomic mass is 79.9. The first-order chi connectivity index (χ1) is 15.8. The van der Waals surface area contributed by atoms with E-state index in [2.05, 4.69) is 36.9 Å². The first kappa shape index (κ1) is 23.5. The number of halogens is 1. The molecule has 0 amide bonds. The number of nitrogens with zero attached hydrogens (tertiary/aromatic N) is 3. The van der Waals surface area contributed by atoms with Crippen LogP contribution in [0.2, 0.25) is 0 Å². The zero-order valence-corrected chi connectivity index (χ0v) is 20.9. The van der Waals surface area contributed by atoms with Gasteiger partial charge in [0.05, 0.1) is 6.04 Å². The van der Waals surface area contributed by atoms with Crippen molar-refractivity contribution in [2.45, 2.75) is 38.0 Å². The Kier molecular flexibility index (Phi) is 6.86. The van der Waals surface area contributed by atoms with Gasteiger partial charge in [-0.25, -0.2) is 4.98 Å². The number of nitriles is 1. The molecule has 0 aliphatic carbocycles. The highest BCUT2D eigenvalue weighted by Gasteiger charge is 2.31. The zero-order chi connectivity index (χ0) is 23.6. The summed E-state index contributed by atoms with van der Waals surface area (Å²) in [5.74, 6) is 0. The van der Waals surface area contributed by atoms with Crippen LogP contribution in [0, 0.1) is 11.3 Å². The van der Waals surface area contributed by atoms with Crippen LogP contribution in [0.3, 0.4) is 0 Å². The summed E-state index contributed by atoms with van der Waals surface area (Å²) < 4.78 is 22.4. The third-order valence-corrected chi connectivity index (χ3v) is 7.27. The maximum atomic E-state index is 13.1. The van der Waals surface area contributed by atoms with Crippen molar-refractivity contribution in [1.82, 2.24) is 14.9 Å². The Labute approximate surface area is 204 Å². The van der Waals surface area contributed by atoms with Crippen LogP contribution in [-0.4, -0.2) is 19.4 Å². The largest absolute Gasteiger partial charge is 0.598 e. The van der Waals surface area contributed by atoms with E-state index < -0.39 is 16.1 Å². The van der Waals surface area contributed by atoms with Crippen molar-refractivity contribution in [3.05, 3.63) is 82.1 Å². The summed E-state index contributed by atoms with van der Waals surface area (Å²) in [5.41, 5.74) is 4.31. The molecule has 2 aromatic heterocycles. The molecule has 8 heteroatoms. The molecule has 2 atom stereocenters. The Morgan fingerprint density at radius 3 is 2.70 bits per heavy atom. The summed E-state index contributed by atoms with van der Waals surface area (Å²) >= 11 is 2.14. The predicted octanol–water partition coefficient (Wildman–Crippen LogP) is 5.86. The lowest BCUT2D eigenvalue weighted by Crippen LogP contribution is -2.42. The van der Waals surface area contributed by atoms with Gasteiger partial charge in [0.25, 0.3) is 0 Å². The minimum absolute atomic E-state index is 0.329. The van der Waals surface area contributed by atoms with Crippen molar-refractivity contribution in [3.8, 4) is 17.3 Å². The summed E-state index contributed by atoms with van der Waals surface area (Å²) in [6.07, 6.45) is 0.454. The molecular weight excluding hydrogens is 500 g/mol. The second-order valence-electron chi connectivity index (χ2n) is 8.64. The lowest BCUT2D eigenvalue weighted by molar-refractivity contribution is 0.459. The maximum Gasteiger partial charge on any atom is 0.168 e. The third-order valence-electron chi connectivity index (χ3n) is 5.17. The van der Waals surface area contributed by atoms with Crippen molar-refractivity contribution in [2.75, 3.05) is 0 Å². The van der Waals surface area contributed by atoms with Crippen LogP contribution >= 0.6 is 15.9 Å². The van der Waals surface area contributed by atoms with Gasteiger partial charge in [-0.2, -0.15) is 5.26 Å². The number of pyridine rings is 1. The van der Waals surface area contributed by atoms with Gasteiger partial charge in [0.15, 0.2) is 5.58 Å². The first-order valence-electron chi connectivity index (χ1n) is 10.4. The topological polar surface area (TPSA) is 97.8 Å². The summed E-state index contributed by atoms with van der Waals surface area (Å²) in [6.45, 7) is 5.78. The Balaban J connectivity index is 1.80. The molecule has 0 fully saturated rings. The van der Waals surface area contributed by atoms with Crippen molar-refractivity contribution in [3.63, 3.8) is 0 Å². The van der Waals surface area contributed by atoms with Gasteiger partial charge in [-0.05, 0) is 56.7 Å². The minimum Gasteiger partial charge on any atom is -0.598 e. The van der Waals surface area contributed by atoms with E-state index in [4.69, 9.17) is 4.52 Å². The van der Waals surface area contributed by atoms with Gasteiger partial charge in [0.2, 0.25) is 0 Å². The fraction of sp³-hybridized carbons (Fsp3) is 0.240. The molecular formula is C25H23BrN4O2S. The summed E-state index contributed by atoms with van der Waals surface area (Å²) in [5, 5.41) is 14.5. The number of rotatable bonds is 6. The monoisotopic (exact) mass is 522 g/mol. The summed E-state index contributed by atoms with van der Waals surface area (Å²) in [6, 6.07) is 20.8. The number of benzene rings is 2. The van der Waals surface area contributed by atoms with Gasteiger partial charge in [0, 0.05) is 38.9 Å². The average molecular weight is 523 g/mol. The molecule has 0 bridgehead atoms. The van der Waals surface area contributed by atoms with Crippen molar-refractivity contribution in [1.29, 1.82) is 5.26 Å². The van der Waals surface area contributed by atoms with Gasteiger partial charge >= 0.3 is 0 Å². The van der Waals surface area contributed by atoms with Crippen LogP contribution in [0.15, 0.2) is 69.7 Å². The highest BCUT2D eigenvalue weighted by molar-refractivity contribution is 9.10. The number of fused-ring (bicyclic) bond motifs is 1. The molecule has 0 radical (unpaired) electrons. The Morgan fingerprint density at radius 1 is 1.15 bits per heavy atom. The Morgan fingerprint density at radius 2 is 1.94 bits per heavy atom. The Bertz CT molecular complexity index is 1330. The average Bonchev–Trinajstić information content (AvgIpc) is 3.21. The molecule has 0 aliphatic rings. The molecule has 1 N–H and O–H groups in total. The van der Waals surface area contributed by atoms with E-state index in [-0.39, 0.29) is 6.04 Å². The van der Waals surface area contributed by atoms with E-state index in [1.54, 1.807) is 6.07 Å². The van der Waals surface area contributed by atoms with E-state index in [0.717, 1.165) is 32.4 Å². The summed E-state index contributed by atoms with van der Waals surface area (Å²) in [7, 11) is 0. The standard InChI is InChI=1S/C25H23BrN4O2S/c1-25(2,3)33(31)30-22(14-17-7-6-8-18(15-27)28-17)19-9-4-5-10-20(19)24-21-12-11-16(26)13-23(21)32-29-24/h4-13,22,30H,14H2,1-3H3/t22-,33?/m0/s1. The smallest absolute Gasteiger partial charge is 0.168 e. The number of hydrogen-bond acceptors (Lipinski definition) is 6. The Hall–Kier alpha value is -2.70. The van der Waals surface area contributed by atoms with Crippen molar-refractivity contribution >= 4 is 38.3 Å². The van der Waals surface area contributed by atoms with Crippen LogP contribution in [0.25, 0.3) is 22.2 Å². The fourth-order valence-corrected chi connectivity index (χ4v) is 4.67. The molecule has 33 heavy (non-hydrogen) atoms. The second-order valence-corrected chi connectivity index (χ2v) is 11.6. The van der Waals surface area contributed by atoms with Crippen LogP contribution < -0.4 is 4.72 Å². The van der Waals surface area contributed by atoms with Crippen LogP contribution in [-0.2, 0) is 17.8 Å². The van der Waals surface area contributed by atoms with Crippen molar-refractivity contribution < 1.29 is 9.08 Å². The highest BCUT2D eigenvalue weighted by Crippen LogP contribution is 2.35. The lowest BCUT2D eigenvalue weighted by atomic mass is 9.94. The zero-order valence-electron chi connectivity index (χ0n) is 18.5. The van der Waals surface area contributed by atoms with Crippen molar-refractivity contribution in [2.24, 2.45) is 0 Å². The molecule has 1 unspecified atom stereocenters. The fourth-order valence-electron chi connectivity index (χ4n) is 3.51. The predicted molar refractivity (Wildman–Crippen MR) is 134 cm³/mol. The third kappa shape index (κ3) is 5.28. The molecule has 2 heterocycles. The summed E-state index contributed by atoms with van der Waals surface area (Å²) in [4.78, 5) is 4.44. The number of nitrogens with one attached hydrogen (secondary N) is 1. The normalized spacial score (nSPS) is 13.6.